The molecule has 1 heterocycles. The molecule has 5 heteroatoms. The lowest BCUT2D eigenvalue weighted by Gasteiger charge is -2.55. The van der Waals surface area contributed by atoms with E-state index in [2.05, 4.69) is 43.1 Å². The van der Waals surface area contributed by atoms with Crippen molar-refractivity contribution in [3.05, 3.63) is 29.8 Å². The van der Waals surface area contributed by atoms with Crippen molar-refractivity contribution in [3.8, 4) is 0 Å². The van der Waals surface area contributed by atoms with Crippen LogP contribution in [0.25, 0.3) is 0 Å². The van der Waals surface area contributed by atoms with Crippen LogP contribution in [0.5, 0.6) is 0 Å². The van der Waals surface area contributed by atoms with Crippen LogP contribution < -0.4 is 4.90 Å². The second-order valence-corrected chi connectivity index (χ2v) is 10.8. The second-order valence-electron chi connectivity index (χ2n) is 9.85. The second kappa shape index (κ2) is 7.33. The quantitative estimate of drug-likeness (QED) is 0.705. The van der Waals surface area contributed by atoms with E-state index in [4.69, 9.17) is 4.99 Å². The zero-order valence-electron chi connectivity index (χ0n) is 17.9. The van der Waals surface area contributed by atoms with Crippen LogP contribution >= 0.6 is 11.8 Å². The summed E-state index contributed by atoms with van der Waals surface area (Å²) in [6, 6.07) is 8.45. The van der Waals surface area contributed by atoms with E-state index in [9.17, 15) is 4.79 Å². The highest BCUT2D eigenvalue weighted by Gasteiger charge is 2.51. The Hall–Kier alpha value is -1.49. The van der Waals surface area contributed by atoms with E-state index in [0.29, 0.717) is 0 Å². The number of nitrogens with zero attached hydrogens (tertiary/aromatic N) is 3. The van der Waals surface area contributed by atoms with Gasteiger partial charge in [-0.2, -0.15) is 0 Å². The van der Waals surface area contributed by atoms with Crippen molar-refractivity contribution in [2.24, 2.45) is 22.7 Å². The van der Waals surface area contributed by atoms with Crippen LogP contribution in [0.15, 0.2) is 29.3 Å². The Bertz CT molecular complexity index is 783. The van der Waals surface area contributed by atoms with E-state index in [-0.39, 0.29) is 17.6 Å². The Morgan fingerprint density at radius 2 is 1.72 bits per heavy atom. The molecule has 4 bridgehead atoms. The number of carbonyl (C=O) groups excluding carboxylic acids is 1. The van der Waals surface area contributed by atoms with Crippen molar-refractivity contribution in [3.63, 3.8) is 0 Å². The molecule has 0 N–H and O–H groups in total. The maximum absolute atomic E-state index is 12.6. The van der Waals surface area contributed by atoms with Crippen LogP contribution in [0.1, 0.15) is 57.9 Å². The molecule has 5 fully saturated rings. The minimum atomic E-state index is 0.0395. The largest absolute Gasteiger partial charge is 0.333 e. The van der Waals surface area contributed by atoms with Gasteiger partial charge in [-0.3, -0.25) is 14.7 Å². The smallest absolute Gasteiger partial charge is 0.225 e. The number of aryl methyl sites for hydroxylation is 1. The van der Waals surface area contributed by atoms with Crippen molar-refractivity contribution in [1.29, 1.82) is 0 Å². The van der Waals surface area contributed by atoms with E-state index < -0.39 is 0 Å². The molecule has 4 aliphatic carbocycles. The molecular formula is C24H33N3OS. The minimum absolute atomic E-state index is 0.0395. The van der Waals surface area contributed by atoms with Crippen molar-refractivity contribution in [2.75, 3.05) is 17.7 Å². The summed E-state index contributed by atoms with van der Waals surface area (Å²) in [5.41, 5.74) is 2.48. The van der Waals surface area contributed by atoms with Gasteiger partial charge >= 0.3 is 0 Å². The van der Waals surface area contributed by atoms with Crippen LogP contribution in [-0.4, -0.2) is 40.5 Å². The Morgan fingerprint density at radius 1 is 1.14 bits per heavy atom. The van der Waals surface area contributed by atoms with Crippen LogP contribution in [0, 0.1) is 17.8 Å². The fraction of sp³-hybridized carbons (Fsp3) is 0.667. The van der Waals surface area contributed by atoms with Crippen LogP contribution in [0.2, 0.25) is 0 Å². The Morgan fingerprint density at radius 3 is 2.24 bits per heavy atom. The molecule has 1 aromatic rings. The van der Waals surface area contributed by atoms with Gasteiger partial charge in [0.1, 0.15) is 6.17 Å². The average Bonchev–Trinajstić information content (AvgIpc) is 3.01. The summed E-state index contributed by atoms with van der Waals surface area (Å²) >= 11 is 1.84. The molecule has 1 unspecified atom stereocenters. The molecule has 1 saturated heterocycles. The van der Waals surface area contributed by atoms with Gasteiger partial charge in [-0.25, -0.2) is 0 Å². The number of thioether (sulfide) groups is 1. The first-order valence-electron chi connectivity index (χ1n) is 11.3. The number of hydrogen-bond donors (Lipinski definition) is 0. The molecule has 5 aliphatic rings. The third-order valence-electron chi connectivity index (χ3n) is 7.71. The number of aliphatic imine (C=N–C) groups is 1. The first kappa shape index (κ1) is 19.5. The minimum Gasteiger partial charge on any atom is -0.333 e. The number of anilines is 1. The molecule has 0 radical (unpaired) electrons. The van der Waals surface area contributed by atoms with Gasteiger partial charge in [0.15, 0.2) is 5.17 Å². The van der Waals surface area contributed by atoms with E-state index >= 15 is 0 Å². The summed E-state index contributed by atoms with van der Waals surface area (Å²) < 4.78 is 0. The summed E-state index contributed by atoms with van der Waals surface area (Å²) in [6.07, 6.45) is 9.26. The molecule has 1 amide bonds. The Kier molecular flexibility index (Phi) is 4.92. The van der Waals surface area contributed by atoms with Crippen LogP contribution in [-0.2, 0) is 11.2 Å². The van der Waals surface area contributed by atoms with Crippen LogP contribution in [0.4, 0.5) is 5.69 Å². The average molecular weight is 412 g/mol. The topological polar surface area (TPSA) is 35.9 Å². The molecule has 29 heavy (non-hydrogen) atoms. The van der Waals surface area contributed by atoms with Gasteiger partial charge < -0.3 is 4.90 Å². The normalized spacial score (nSPS) is 36.8. The number of rotatable bonds is 4. The molecule has 0 spiro atoms. The Balaban J connectivity index is 1.39. The molecule has 4 saturated carbocycles. The zero-order chi connectivity index (χ0) is 20.2. The number of benzene rings is 1. The molecular weight excluding hydrogens is 378 g/mol. The fourth-order valence-electron chi connectivity index (χ4n) is 6.71. The standard InChI is InChI=1S/C24H33N3OS/c1-4-17-5-7-21(8-6-17)27(16(2)28)22-15-29-23(26(22)3)25-24-12-18-9-19(13-24)11-20(10-18)14-24/h5-8,18-20,22H,4,9-15H2,1-3H3. The number of amidine groups is 1. The highest BCUT2D eigenvalue weighted by Crippen LogP contribution is 2.57. The Labute approximate surface area is 179 Å². The van der Waals surface area contributed by atoms with Crippen molar-refractivity contribution in [2.45, 2.75) is 70.5 Å². The summed E-state index contributed by atoms with van der Waals surface area (Å²) in [4.78, 5) is 22.2. The molecule has 4 nitrogen and oxygen atoms in total. The molecule has 1 aliphatic heterocycles. The molecule has 1 aromatic carbocycles. The monoisotopic (exact) mass is 411 g/mol. The van der Waals surface area contributed by atoms with Gasteiger partial charge in [0.05, 0.1) is 5.54 Å². The van der Waals surface area contributed by atoms with Gasteiger partial charge in [0.25, 0.3) is 0 Å². The first-order chi connectivity index (χ1) is 14.0. The highest BCUT2D eigenvalue weighted by molar-refractivity contribution is 8.14. The van der Waals surface area contributed by atoms with E-state index in [1.165, 1.54) is 44.1 Å². The number of hydrogen-bond acceptors (Lipinski definition) is 3. The summed E-state index contributed by atoms with van der Waals surface area (Å²) in [6.45, 7) is 3.84. The predicted octanol–water partition coefficient (Wildman–Crippen LogP) is 4.93. The van der Waals surface area contributed by atoms with Crippen molar-refractivity contribution in [1.82, 2.24) is 4.90 Å². The van der Waals surface area contributed by atoms with Gasteiger partial charge in [0, 0.05) is 25.4 Å². The highest BCUT2D eigenvalue weighted by atomic mass is 32.2. The van der Waals surface area contributed by atoms with Crippen molar-refractivity contribution < 1.29 is 4.79 Å². The third-order valence-corrected chi connectivity index (χ3v) is 8.81. The zero-order valence-corrected chi connectivity index (χ0v) is 18.8. The van der Waals surface area contributed by atoms with E-state index in [1.807, 2.05) is 16.7 Å². The van der Waals surface area contributed by atoms with Crippen LogP contribution in [0.3, 0.4) is 0 Å². The lowest BCUT2D eigenvalue weighted by atomic mass is 9.53. The maximum atomic E-state index is 12.6. The van der Waals surface area contributed by atoms with Gasteiger partial charge in [-0.05, 0) is 80.4 Å². The van der Waals surface area contributed by atoms with E-state index in [1.54, 1.807) is 6.92 Å². The SMILES string of the molecule is CCc1ccc(N(C(C)=O)C2CSC(=NC34CC5CC(CC(C5)C3)C4)N2C)cc1. The number of carbonyl (C=O) groups is 1. The third kappa shape index (κ3) is 3.49. The first-order valence-corrected chi connectivity index (χ1v) is 12.3. The lowest BCUT2D eigenvalue weighted by Crippen LogP contribution is -2.51. The molecule has 156 valence electrons. The summed E-state index contributed by atoms with van der Waals surface area (Å²) in [7, 11) is 2.13. The van der Waals surface area contributed by atoms with Crippen molar-refractivity contribution >= 4 is 28.5 Å². The van der Waals surface area contributed by atoms with E-state index in [0.717, 1.165) is 40.8 Å². The predicted molar refractivity (Wildman–Crippen MR) is 121 cm³/mol. The molecule has 1 atom stereocenters. The number of amides is 1. The van der Waals surface area contributed by atoms with Gasteiger partial charge in [-0.15, -0.1) is 0 Å². The molecule has 6 rings (SSSR count). The molecule has 0 aromatic heterocycles. The summed E-state index contributed by atoms with van der Waals surface area (Å²) in [5.74, 6) is 3.70. The fourth-order valence-corrected chi connectivity index (χ4v) is 7.96. The van der Waals surface area contributed by atoms with Gasteiger partial charge in [0.2, 0.25) is 5.91 Å². The lowest BCUT2D eigenvalue weighted by molar-refractivity contribution is -0.117. The maximum Gasteiger partial charge on any atom is 0.225 e. The van der Waals surface area contributed by atoms with Gasteiger partial charge in [-0.1, -0.05) is 30.8 Å². The summed E-state index contributed by atoms with van der Waals surface area (Å²) in [5, 5.41) is 1.15.